The molecule has 0 aliphatic carbocycles. The smallest absolute Gasteiger partial charge is 0.230 e. The number of carbonyl (C=O) groups is 1. The number of rotatable bonds is 8. The Kier molecular flexibility index (Phi) is 6.65. The highest BCUT2D eigenvalue weighted by Gasteiger charge is 2.11. The molecule has 0 bridgehead atoms. The summed E-state index contributed by atoms with van der Waals surface area (Å²) in [7, 11) is 0. The van der Waals surface area contributed by atoms with Crippen molar-refractivity contribution in [1.29, 1.82) is 0 Å². The molecule has 0 fully saturated rings. The van der Waals surface area contributed by atoms with Crippen LogP contribution in [0.25, 0.3) is 0 Å². The van der Waals surface area contributed by atoms with E-state index in [0.29, 0.717) is 22.8 Å². The van der Waals surface area contributed by atoms with Crippen molar-refractivity contribution in [3.63, 3.8) is 0 Å². The first-order valence-corrected chi connectivity index (χ1v) is 9.81. The van der Waals surface area contributed by atoms with E-state index in [9.17, 15) is 9.18 Å². The predicted molar refractivity (Wildman–Crippen MR) is 105 cm³/mol. The van der Waals surface area contributed by atoms with Gasteiger partial charge in [0, 0.05) is 24.1 Å². The molecule has 8 heteroatoms. The Hall–Kier alpha value is -2.87. The molecule has 0 unspecified atom stereocenters. The van der Waals surface area contributed by atoms with Crippen molar-refractivity contribution in [2.45, 2.75) is 26.1 Å². The van der Waals surface area contributed by atoms with E-state index in [1.165, 1.54) is 30.1 Å². The third-order valence-electron chi connectivity index (χ3n) is 4.01. The maximum absolute atomic E-state index is 14.2. The lowest BCUT2D eigenvalue weighted by Crippen LogP contribution is -2.24. The Morgan fingerprint density at radius 2 is 2.18 bits per heavy atom. The van der Waals surface area contributed by atoms with E-state index in [4.69, 9.17) is 9.26 Å². The van der Waals surface area contributed by atoms with Gasteiger partial charge in [-0.25, -0.2) is 4.39 Å². The molecule has 0 radical (unpaired) electrons. The van der Waals surface area contributed by atoms with E-state index in [0.717, 1.165) is 17.0 Å². The number of hydrogen-bond donors (Lipinski definition) is 1. The molecular weight excluding hydrogens is 381 g/mol. The fourth-order valence-electron chi connectivity index (χ4n) is 2.48. The van der Waals surface area contributed by atoms with Crippen molar-refractivity contribution in [1.82, 2.24) is 15.5 Å². The Morgan fingerprint density at radius 3 is 2.86 bits per heavy atom. The number of carbonyl (C=O) groups excluding carboxylic acids is 1. The normalized spacial score (nSPS) is 10.7. The molecule has 2 heterocycles. The molecule has 1 amide bonds. The van der Waals surface area contributed by atoms with Crippen LogP contribution in [0.15, 0.2) is 47.2 Å². The largest absolute Gasteiger partial charge is 0.453 e. The monoisotopic (exact) mass is 401 g/mol. The lowest BCUT2D eigenvalue weighted by atomic mass is 10.2. The molecule has 0 saturated carbocycles. The topological polar surface area (TPSA) is 77.2 Å². The van der Waals surface area contributed by atoms with Crippen molar-refractivity contribution < 1.29 is 18.4 Å². The number of ether oxygens (including phenoxy) is 1. The Morgan fingerprint density at radius 1 is 1.32 bits per heavy atom. The van der Waals surface area contributed by atoms with Gasteiger partial charge >= 0.3 is 0 Å². The molecule has 0 spiro atoms. The first-order chi connectivity index (χ1) is 13.5. The Balaban J connectivity index is 1.46. The molecular formula is C20H20FN3O3S. The lowest BCUT2D eigenvalue weighted by molar-refractivity contribution is -0.118. The van der Waals surface area contributed by atoms with Crippen molar-refractivity contribution in [2.75, 3.05) is 5.75 Å². The average molecular weight is 401 g/mol. The van der Waals surface area contributed by atoms with Crippen molar-refractivity contribution in [2.24, 2.45) is 0 Å². The van der Waals surface area contributed by atoms with Crippen LogP contribution < -0.4 is 10.1 Å². The van der Waals surface area contributed by atoms with Gasteiger partial charge in [0.1, 0.15) is 11.5 Å². The number of hydrogen-bond acceptors (Lipinski definition) is 6. The molecule has 3 aromatic rings. The van der Waals surface area contributed by atoms with Gasteiger partial charge in [-0.1, -0.05) is 11.2 Å². The summed E-state index contributed by atoms with van der Waals surface area (Å²) in [6.07, 6.45) is 3.12. The van der Waals surface area contributed by atoms with Crippen LogP contribution in [-0.2, 0) is 17.1 Å². The van der Waals surface area contributed by atoms with Crippen LogP contribution in [0.2, 0.25) is 0 Å². The second-order valence-electron chi connectivity index (χ2n) is 6.13. The maximum Gasteiger partial charge on any atom is 0.230 e. The van der Waals surface area contributed by atoms with Gasteiger partial charge in [0.15, 0.2) is 11.6 Å². The number of pyridine rings is 1. The zero-order valence-electron chi connectivity index (χ0n) is 15.6. The summed E-state index contributed by atoms with van der Waals surface area (Å²) in [5.74, 6) is 1.68. The SMILES string of the molecule is Cc1noc(C)c1CSCC(=O)NCc1ccc(Oc2cccnc2)c(F)c1. The van der Waals surface area contributed by atoms with Gasteiger partial charge in [-0.05, 0) is 43.7 Å². The molecule has 0 atom stereocenters. The number of aryl methyl sites for hydroxylation is 2. The van der Waals surface area contributed by atoms with Crippen LogP contribution in [0, 0.1) is 19.7 Å². The summed E-state index contributed by atoms with van der Waals surface area (Å²) in [6.45, 7) is 3.98. The number of thioether (sulfide) groups is 1. The molecule has 1 aromatic carbocycles. The maximum atomic E-state index is 14.2. The Bertz CT molecular complexity index is 928. The first-order valence-electron chi connectivity index (χ1n) is 8.65. The highest BCUT2D eigenvalue weighted by atomic mass is 32.2. The highest BCUT2D eigenvalue weighted by Crippen LogP contribution is 2.24. The van der Waals surface area contributed by atoms with E-state index in [1.54, 1.807) is 24.4 Å². The van der Waals surface area contributed by atoms with E-state index < -0.39 is 5.82 Å². The molecule has 0 aliphatic rings. The van der Waals surface area contributed by atoms with Crippen molar-refractivity contribution in [3.05, 3.63) is 71.1 Å². The van der Waals surface area contributed by atoms with Gasteiger partial charge in [-0.15, -0.1) is 11.8 Å². The fraction of sp³-hybridized carbons (Fsp3) is 0.250. The third-order valence-corrected chi connectivity index (χ3v) is 4.97. The van der Waals surface area contributed by atoms with Gasteiger partial charge in [-0.2, -0.15) is 0 Å². The summed E-state index contributed by atoms with van der Waals surface area (Å²) in [5.41, 5.74) is 2.51. The molecule has 1 N–H and O–H groups in total. The molecule has 146 valence electrons. The number of aromatic nitrogens is 2. The number of nitrogens with zero attached hydrogens (tertiary/aromatic N) is 2. The summed E-state index contributed by atoms with van der Waals surface area (Å²) < 4.78 is 24.8. The van der Waals surface area contributed by atoms with Crippen LogP contribution in [0.1, 0.15) is 22.6 Å². The molecule has 6 nitrogen and oxygen atoms in total. The van der Waals surface area contributed by atoms with Gasteiger partial charge in [-0.3, -0.25) is 9.78 Å². The summed E-state index contributed by atoms with van der Waals surface area (Å²) in [5, 5.41) is 6.68. The zero-order valence-corrected chi connectivity index (χ0v) is 16.4. The molecule has 3 rings (SSSR count). The van der Waals surface area contributed by atoms with E-state index in [2.05, 4.69) is 15.5 Å². The standard InChI is InChI=1S/C20H20FN3O3S/c1-13-17(14(2)27-24-13)11-28-12-20(25)23-9-15-5-6-19(18(21)8-15)26-16-4-3-7-22-10-16/h3-8,10H,9,11-12H2,1-2H3,(H,23,25). The quantitative estimate of drug-likeness (QED) is 0.611. The molecule has 2 aromatic heterocycles. The summed E-state index contributed by atoms with van der Waals surface area (Å²) in [6, 6.07) is 8.01. The number of nitrogens with one attached hydrogen (secondary N) is 1. The first kappa shape index (κ1) is 19.9. The fourth-order valence-corrected chi connectivity index (χ4v) is 3.48. The van der Waals surface area contributed by atoms with Gasteiger partial charge in [0.25, 0.3) is 0 Å². The minimum Gasteiger partial charge on any atom is -0.453 e. The molecule has 28 heavy (non-hydrogen) atoms. The minimum atomic E-state index is -0.497. The van der Waals surface area contributed by atoms with Crippen LogP contribution in [0.3, 0.4) is 0 Å². The van der Waals surface area contributed by atoms with E-state index in [-0.39, 0.29) is 18.2 Å². The van der Waals surface area contributed by atoms with Gasteiger partial charge in [0.2, 0.25) is 5.91 Å². The lowest BCUT2D eigenvalue weighted by Gasteiger charge is -2.09. The van der Waals surface area contributed by atoms with Crippen LogP contribution in [0.5, 0.6) is 11.5 Å². The van der Waals surface area contributed by atoms with Crippen LogP contribution >= 0.6 is 11.8 Å². The average Bonchev–Trinajstić information content (AvgIpc) is 3.01. The second-order valence-corrected chi connectivity index (χ2v) is 7.11. The van der Waals surface area contributed by atoms with Crippen molar-refractivity contribution >= 4 is 17.7 Å². The van der Waals surface area contributed by atoms with E-state index >= 15 is 0 Å². The minimum absolute atomic E-state index is 0.109. The highest BCUT2D eigenvalue weighted by molar-refractivity contribution is 7.99. The third kappa shape index (κ3) is 5.32. The molecule has 0 aliphatic heterocycles. The number of benzene rings is 1. The Labute approximate surface area is 166 Å². The summed E-state index contributed by atoms with van der Waals surface area (Å²) in [4.78, 5) is 15.9. The van der Waals surface area contributed by atoms with Crippen LogP contribution in [0.4, 0.5) is 4.39 Å². The van der Waals surface area contributed by atoms with E-state index in [1.807, 2.05) is 13.8 Å². The second kappa shape index (κ2) is 9.36. The predicted octanol–water partition coefficient (Wildman–Crippen LogP) is 4.17. The number of amides is 1. The van der Waals surface area contributed by atoms with Crippen molar-refractivity contribution in [3.8, 4) is 11.5 Å². The summed E-state index contributed by atoms with van der Waals surface area (Å²) >= 11 is 1.48. The number of halogens is 1. The molecule has 0 saturated heterocycles. The zero-order chi connectivity index (χ0) is 19.9. The van der Waals surface area contributed by atoms with Crippen LogP contribution in [-0.4, -0.2) is 21.8 Å². The van der Waals surface area contributed by atoms with Gasteiger partial charge in [0.05, 0.1) is 17.6 Å². The van der Waals surface area contributed by atoms with Gasteiger partial charge < -0.3 is 14.6 Å².